The van der Waals surface area contributed by atoms with Crippen LogP contribution in [-0.2, 0) is 12.6 Å². The highest BCUT2D eigenvalue weighted by atomic mass is 32.1. The van der Waals surface area contributed by atoms with Crippen molar-refractivity contribution in [1.82, 2.24) is 14.3 Å². The Morgan fingerprint density at radius 3 is 2.61 bits per heavy atom. The smallest absolute Gasteiger partial charge is 0.416 e. The standard InChI is InChI=1S/C22H23F3N4OS/c1-5-29(4)13-26-18-10-15(3)19(11-14(18)2)30-21-27-20(28-31-21)12-16-8-6-7-9-17(16)22(23,24)25/h6-11,13H,5,12H2,1-4H3/b26-13-. The van der Waals surface area contributed by atoms with Crippen molar-refractivity contribution in [1.29, 1.82) is 0 Å². The molecule has 0 aliphatic rings. The Bertz CT molecular complexity index is 1080. The van der Waals surface area contributed by atoms with Gasteiger partial charge in [-0.3, -0.25) is 0 Å². The molecular formula is C22H23F3N4OS. The molecule has 0 atom stereocenters. The number of alkyl halides is 3. The van der Waals surface area contributed by atoms with Crippen molar-refractivity contribution in [2.45, 2.75) is 33.4 Å². The number of nitrogens with zero attached hydrogens (tertiary/aromatic N) is 4. The summed E-state index contributed by atoms with van der Waals surface area (Å²) < 4.78 is 49.6. The van der Waals surface area contributed by atoms with Crippen LogP contribution in [0.3, 0.4) is 0 Å². The predicted molar refractivity (Wildman–Crippen MR) is 117 cm³/mol. The molecule has 0 saturated heterocycles. The molecule has 5 nitrogen and oxygen atoms in total. The minimum absolute atomic E-state index is 0.0217. The quantitative estimate of drug-likeness (QED) is 0.320. The van der Waals surface area contributed by atoms with Crippen molar-refractivity contribution in [2.24, 2.45) is 4.99 Å². The molecule has 0 spiro atoms. The zero-order chi connectivity index (χ0) is 22.6. The summed E-state index contributed by atoms with van der Waals surface area (Å²) >= 11 is 1.01. The summed E-state index contributed by atoms with van der Waals surface area (Å²) in [5.41, 5.74) is 2.10. The van der Waals surface area contributed by atoms with Crippen LogP contribution in [0, 0.1) is 13.8 Å². The van der Waals surface area contributed by atoms with Gasteiger partial charge in [0.1, 0.15) is 5.75 Å². The Labute approximate surface area is 183 Å². The first-order valence-corrected chi connectivity index (χ1v) is 10.5. The van der Waals surface area contributed by atoms with Gasteiger partial charge < -0.3 is 9.64 Å². The van der Waals surface area contributed by atoms with E-state index in [0.717, 1.165) is 41.0 Å². The van der Waals surface area contributed by atoms with Gasteiger partial charge in [-0.2, -0.15) is 22.5 Å². The number of ether oxygens (including phenoxy) is 1. The average molecular weight is 449 g/mol. The molecule has 3 aromatic rings. The van der Waals surface area contributed by atoms with Crippen molar-refractivity contribution in [2.75, 3.05) is 13.6 Å². The van der Waals surface area contributed by atoms with Crippen molar-refractivity contribution in [3.63, 3.8) is 0 Å². The number of hydrogen-bond acceptors (Lipinski definition) is 5. The molecule has 0 aliphatic heterocycles. The molecule has 0 amide bonds. The fourth-order valence-corrected chi connectivity index (χ4v) is 3.39. The minimum atomic E-state index is -4.42. The van der Waals surface area contributed by atoms with Gasteiger partial charge in [0, 0.05) is 31.5 Å². The number of hydrogen-bond donors (Lipinski definition) is 0. The van der Waals surface area contributed by atoms with Gasteiger partial charge in [0.25, 0.3) is 5.19 Å². The van der Waals surface area contributed by atoms with Gasteiger partial charge in [0.05, 0.1) is 17.6 Å². The third kappa shape index (κ3) is 5.81. The second-order valence-electron chi connectivity index (χ2n) is 7.13. The first-order chi connectivity index (χ1) is 14.7. The molecule has 9 heteroatoms. The number of aryl methyl sites for hydroxylation is 2. The van der Waals surface area contributed by atoms with Crippen LogP contribution in [0.5, 0.6) is 10.9 Å². The molecule has 2 aromatic carbocycles. The van der Waals surface area contributed by atoms with Crippen LogP contribution in [0.4, 0.5) is 18.9 Å². The summed E-state index contributed by atoms with van der Waals surface area (Å²) in [6, 6.07) is 9.23. The Hall–Kier alpha value is -2.94. The van der Waals surface area contributed by atoms with E-state index in [4.69, 9.17) is 4.74 Å². The minimum Gasteiger partial charge on any atom is -0.430 e. The summed E-state index contributed by atoms with van der Waals surface area (Å²) in [4.78, 5) is 10.7. The molecule has 31 heavy (non-hydrogen) atoms. The van der Waals surface area contributed by atoms with E-state index in [1.165, 1.54) is 12.1 Å². The van der Waals surface area contributed by atoms with Crippen LogP contribution in [0.15, 0.2) is 41.4 Å². The number of aromatic nitrogens is 2. The average Bonchev–Trinajstić information content (AvgIpc) is 3.15. The van der Waals surface area contributed by atoms with Crippen LogP contribution in [0.25, 0.3) is 0 Å². The fraction of sp³-hybridized carbons (Fsp3) is 0.318. The summed E-state index contributed by atoms with van der Waals surface area (Å²) in [7, 11) is 1.95. The summed E-state index contributed by atoms with van der Waals surface area (Å²) in [6.07, 6.45) is -2.67. The highest BCUT2D eigenvalue weighted by Crippen LogP contribution is 2.34. The van der Waals surface area contributed by atoms with Gasteiger partial charge >= 0.3 is 6.18 Å². The number of benzene rings is 2. The molecule has 0 fully saturated rings. The molecule has 1 aromatic heterocycles. The lowest BCUT2D eigenvalue weighted by atomic mass is 10.0. The van der Waals surface area contributed by atoms with Gasteiger partial charge in [-0.15, -0.1) is 0 Å². The number of rotatable bonds is 7. The molecule has 1 heterocycles. The lowest BCUT2D eigenvalue weighted by Crippen LogP contribution is -2.14. The third-order valence-corrected chi connectivity index (χ3v) is 5.34. The summed E-state index contributed by atoms with van der Waals surface area (Å²) in [5, 5.41) is 0.281. The molecule has 0 radical (unpaired) electrons. The van der Waals surface area contributed by atoms with E-state index in [9.17, 15) is 13.2 Å². The SMILES string of the molecule is CCN(C)/C=N\c1cc(C)c(Oc2nc(Cc3ccccc3C(F)(F)F)ns2)cc1C. The Morgan fingerprint density at radius 1 is 1.16 bits per heavy atom. The van der Waals surface area contributed by atoms with Crippen LogP contribution >= 0.6 is 11.5 Å². The second kappa shape index (κ2) is 9.47. The first-order valence-electron chi connectivity index (χ1n) is 9.68. The van der Waals surface area contributed by atoms with Crippen LogP contribution in [-0.4, -0.2) is 34.2 Å². The largest absolute Gasteiger partial charge is 0.430 e. The van der Waals surface area contributed by atoms with E-state index in [-0.39, 0.29) is 23.0 Å². The molecule has 0 unspecified atom stereocenters. The van der Waals surface area contributed by atoms with E-state index in [0.29, 0.717) is 5.75 Å². The monoisotopic (exact) mass is 448 g/mol. The third-order valence-electron chi connectivity index (χ3n) is 4.70. The second-order valence-corrected chi connectivity index (χ2v) is 7.85. The molecule has 0 N–H and O–H groups in total. The van der Waals surface area contributed by atoms with E-state index >= 15 is 0 Å². The predicted octanol–water partition coefficient (Wildman–Crippen LogP) is 6.17. The molecule has 164 valence electrons. The normalized spacial score (nSPS) is 11.8. The van der Waals surface area contributed by atoms with Gasteiger partial charge in [-0.05, 0) is 55.7 Å². The van der Waals surface area contributed by atoms with Crippen molar-refractivity contribution >= 4 is 23.6 Å². The van der Waals surface area contributed by atoms with E-state index in [1.54, 1.807) is 12.4 Å². The summed E-state index contributed by atoms with van der Waals surface area (Å²) in [6.45, 7) is 6.73. The molecule has 0 saturated carbocycles. The van der Waals surface area contributed by atoms with E-state index in [1.807, 2.05) is 44.9 Å². The Balaban J connectivity index is 1.76. The topological polar surface area (TPSA) is 50.6 Å². The Morgan fingerprint density at radius 2 is 1.90 bits per heavy atom. The lowest BCUT2D eigenvalue weighted by Gasteiger charge is -2.11. The highest BCUT2D eigenvalue weighted by molar-refractivity contribution is 7.07. The fourth-order valence-electron chi connectivity index (χ4n) is 2.83. The van der Waals surface area contributed by atoms with Gasteiger partial charge in [0.2, 0.25) is 0 Å². The zero-order valence-electron chi connectivity index (χ0n) is 17.7. The molecule has 3 rings (SSSR count). The van der Waals surface area contributed by atoms with Crippen molar-refractivity contribution in [3.05, 3.63) is 64.5 Å². The highest BCUT2D eigenvalue weighted by Gasteiger charge is 2.33. The van der Waals surface area contributed by atoms with Crippen LogP contribution in [0.1, 0.15) is 35.0 Å². The summed E-state index contributed by atoms with van der Waals surface area (Å²) in [5.74, 6) is 0.897. The maximum atomic E-state index is 13.2. The van der Waals surface area contributed by atoms with E-state index in [2.05, 4.69) is 14.3 Å². The number of aliphatic imine (C=N–C) groups is 1. The van der Waals surface area contributed by atoms with Gasteiger partial charge in [0.15, 0.2) is 5.82 Å². The Kier molecular flexibility index (Phi) is 6.94. The molecule has 0 bridgehead atoms. The van der Waals surface area contributed by atoms with Crippen molar-refractivity contribution < 1.29 is 17.9 Å². The maximum absolute atomic E-state index is 13.2. The molecular weight excluding hydrogens is 425 g/mol. The van der Waals surface area contributed by atoms with Gasteiger partial charge in [-0.1, -0.05) is 18.2 Å². The first kappa shape index (κ1) is 22.7. The van der Waals surface area contributed by atoms with Crippen LogP contribution < -0.4 is 4.74 Å². The molecule has 0 aliphatic carbocycles. The number of halogens is 3. The maximum Gasteiger partial charge on any atom is 0.416 e. The van der Waals surface area contributed by atoms with E-state index < -0.39 is 11.7 Å². The van der Waals surface area contributed by atoms with Crippen LogP contribution in [0.2, 0.25) is 0 Å². The lowest BCUT2D eigenvalue weighted by molar-refractivity contribution is -0.138. The van der Waals surface area contributed by atoms with Gasteiger partial charge in [-0.25, -0.2) is 4.99 Å². The zero-order valence-corrected chi connectivity index (χ0v) is 18.5. The van der Waals surface area contributed by atoms with Crippen molar-refractivity contribution in [3.8, 4) is 10.9 Å².